The minimum Gasteiger partial charge on any atom is -0.463 e. The van der Waals surface area contributed by atoms with Crippen LogP contribution >= 0.6 is 0 Å². The highest BCUT2D eigenvalue weighted by atomic mass is 16.6. The molecule has 20 heavy (non-hydrogen) atoms. The molecule has 0 unspecified atom stereocenters. The first-order valence-electron chi connectivity index (χ1n) is 7.50. The number of likely N-dealkylation sites (tertiary alicyclic amines) is 1. The molecule has 1 saturated heterocycles. The first-order chi connectivity index (χ1) is 9.50. The first-order valence-corrected chi connectivity index (χ1v) is 7.50. The molecule has 5 heteroatoms. The van der Waals surface area contributed by atoms with Crippen LogP contribution in [0, 0.1) is 11.8 Å². The third kappa shape index (κ3) is 6.37. The lowest BCUT2D eigenvalue weighted by atomic mass is 9.97. The highest BCUT2D eigenvalue weighted by Gasteiger charge is 2.26. The lowest BCUT2D eigenvalue weighted by Gasteiger charge is -2.30. The third-order valence-corrected chi connectivity index (χ3v) is 3.59. The van der Waals surface area contributed by atoms with Gasteiger partial charge < -0.3 is 14.4 Å². The van der Waals surface area contributed by atoms with Crippen LogP contribution < -0.4 is 0 Å². The van der Waals surface area contributed by atoms with Crippen LogP contribution in [0.2, 0.25) is 0 Å². The molecule has 0 atom stereocenters. The van der Waals surface area contributed by atoms with Crippen LogP contribution in [0.1, 0.15) is 40.0 Å². The second kappa shape index (κ2) is 8.95. The van der Waals surface area contributed by atoms with Crippen LogP contribution in [0.5, 0.6) is 0 Å². The van der Waals surface area contributed by atoms with Gasteiger partial charge in [0.25, 0.3) is 0 Å². The Morgan fingerprint density at radius 2 is 1.80 bits per heavy atom. The smallest absolute Gasteiger partial charge is 0.309 e. The molecule has 0 aromatic rings. The van der Waals surface area contributed by atoms with E-state index in [1.807, 2.05) is 0 Å². The topological polar surface area (TPSA) is 55.8 Å². The lowest BCUT2D eigenvalue weighted by Crippen LogP contribution is -2.39. The number of carbonyl (C=O) groups is 2. The molecule has 1 amide bonds. The predicted octanol–water partition coefficient (Wildman–Crippen LogP) is 1.85. The monoisotopic (exact) mass is 285 g/mol. The van der Waals surface area contributed by atoms with E-state index in [0.717, 1.165) is 6.42 Å². The fourth-order valence-corrected chi connectivity index (χ4v) is 2.17. The molecule has 0 bridgehead atoms. The van der Waals surface area contributed by atoms with E-state index in [4.69, 9.17) is 9.47 Å². The summed E-state index contributed by atoms with van der Waals surface area (Å²) in [6.07, 6.45) is 2.43. The molecule has 116 valence electrons. The summed E-state index contributed by atoms with van der Waals surface area (Å²) < 4.78 is 10.6. The third-order valence-electron chi connectivity index (χ3n) is 3.59. The molecule has 1 aliphatic heterocycles. The largest absolute Gasteiger partial charge is 0.463 e. The Kier molecular flexibility index (Phi) is 7.59. The summed E-state index contributed by atoms with van der Waals surface area (Å²) in [5.74, 6) is 0.487. The first kappa shape index (κ1) is 17.0. The molecule has 0 aromatic carbocycles. The predicted molar refractivity (Wildman–Crippen MR) is 76.2 cm³/mol. The molecule has 1 fully saturated rings. The summed E-state index contributed by atoms with van der Waals surface area (Å²) in [5, 5.41) is 0. The van der Waals surface area contributed by atoms with E-state index in [2.05, 4.69) is 13.8 Å². The molecule has 1 rings (SSSR count). The molecule has 5 nitrogen and oxygen atoms in total. The van der Waals surface area contributed by atoms with E-state index >= 15 is 0 Å². The maximum atomic E-state index is 11.8. The molecule has 0 radical (unpaired) electrons. The fourth-order valence-electron chi connectivity index (χ4n) is 2.17. The van der Waals surface area contributed by atoms with Crippen molar-refractivity contribution >= 4 is 11.9 Å². The second-order valence-corrected chi connectivity index (χ2v) is 5.74. The Labute approximate surface area is 121 Å². The number of esters is 1. The number of rotatable bonds is 7. The highest BCUT2D eigenvalue weighted by molar-refractivity contribution is 5.75. The Morgan fingerprint density at radius 1 is 1.15 bits per heavy atom. The van der Waals surface area contributed by atoms with E-state index in [9.17, 15) is 9.59 Å². The van der Waals surface area contributed by atoms with Crippen molar-refractivity contribution in [1.29, 1.82) is 0 Å². The van der Waals surface area contributed by atoms with Gasteiger partial charge in [0.2, 0.25) is 5.91 Å². The maximum absolute atomic E-state index is 11.8. The van der Waals surface area contributed by atoms with E-state index in [1.54, 1.807) is 11.8 Å². The molecular weight excluding hydrogens is 258 g/mol. The van der Waals surface area contributed by atoms with Crippen LogP contribution in [0.25, 0.3) is 0 Å². The van der Waals surface area contributed by atoms with E-state index in [0.29, 0.717) is 51.7 Å². The van der Waals surface area contributed by atoms with Crippen molar-refractivity contribution in [3.8, 4) is 0 Å². The average Bonchev–Trinajstić information content (AvgIpc) is 2.42. The lowest BCUT2D eigenvalue weighted by molar-refractivity contribution is -0.153. The molecule has 1 aliphatic rings. The van der Waals surface area contributed by atoms with Crippen LogP contribution in [0.3, 0.4) is 0 Å². The maximum Gasteiger partial charge on any atom is 0.309 e. The van der Waals surface area contributed by atoms with E-state index in [-0.39, 0.29) is 17.8 Å². The zero-order valence-corrected chi connectivity index (χ0v) is 12.9. The molecule has 0 N–H and O–H groups in total. The SMILES string of the molecule is CC(=O)N1CCC(C(=O)OCCOCCC(C)C)CC1. The van der Waals surface area contributed by atoms with Gasteiger partial charge in [-0.3, -0.25) is 9.59 Å². The van der Waals surface area contributed by atoms with Crippen molar-refractivity contribution in [2.24, 2.45) is 11.8 Å². The van der Waals surface area contributed by atoms with E-state index in [1.165, 1.54) is 0 Å². The molecule has 0 aromatic heterocycles. The normalized spacial score (nSPS) is 16.5. The number of nitrogens with zero attached hydrogens (tertiary/aromatic N) is 1. The van der Waals surface area contributed by atoms with Crippen molar-refractivity contribution in [3.63, 3.8) is 0 Å². The Morgan fingerprint density at radius 3 is 2.35 bits per heavy atom. The highest BCUT2D eigenvalue weighted by Crippen LogP contribution is 2.18. The van der Waals surface area contributed by atoms with Crippen molar-refractivity contribution in [2.45, 2.75) is 40.0 Å². The molecule has 0 saturated carbocycles. The number of piperidine rings is 1. The van der Waals surface area contributed by atoms with E-state index < -0.39 is 0 Å². The van der Waals surface area contributed by atoms with Gasteiger partial charge in [-0.25, -0.2) is 0 Å². The van der Waals surface area contributed by atoms with Crippen molar-refractivity contribution in [2.75, 3.05) is 32.9 Å². The summed E-state index contributed by atoms with van der Waals surface area (Å²) in [4.78, 5) is 24.8. The Balaban J connectivity index is 2.07. The summed E-state index contributed by atoms with van der Waals surface area (Å²) in [6, 6.07) is 0. The summed E-state index contributed by atoms with van der Waals surface area (Å²) in [7, 11) is 0. The van der Waals surface area contributed by atoms with Crippen LogP contribution in [0.15, 0.2) is 0 Å². The van der Waals surface area contributed by atoms with Gasteiger partial charge in [-0.15, -0.1) is 0 Å². The molecule has 1 heterocycles. The zero-order chi connectivity index (χ0) is 15.0. The van der Waals surface area contributed by atoms with Crippen LogP contribution in [-0.4, -0.2) is 49.7 Å². The summed E-state index contributed by atoms with van der Waals surface area (Å²) >= 11 is 0. The van der Waals surface area contributed by atoms with Crippen molar-refractivity contribution in [1.82, 2.24) is 4.90 Å². The summed E-state index contributed by atoms with van der Waals surface area (Å²) in [6.45, 7) is 8.67. The quantitative estimate of drug-likeness (QED) is 0.529. The van der Waals surface area contributed by atoms with Gasteiger partial charge in [0.1, 0.15) is 6.61 Å². The van der Waals surface area contributed by atoms with Gasteiger partial charge in [-0.05, 0) is 25.2 Å². The molecule has 0 spiro atoms. The van der Waals surface area contributed by atoms with Gasteiger partial charge in [-0.1, -0.05) is 13.8 Å². The van der Waals surface area contributed by atoms with Gasteiger partial charge >= 0.3 is 5.97 Å². The summed E-state index contributed by atoms with van der Waals surface area (Å²) in [5.41, 5.74) is 0. The fraction of sp³-hybridized carbons (Fsp3) is 0.867. The van der Waals surface area contributed by atoms with Gasteiger partial charge in [-0.2, -0.15) is 0 Å². The average molecular weight is 285 g/mol. The Hall–Kier alpha value is -1.10. The number of hydrogen-bond donors (Lipinski definition) is 0. The molecular formula is C15H27NO4. The van der Waals surface area contributed by atoms with Crippen LogP contribution in [0.4, 0.5) is 0 Å². The Bertz CT molecular complexity index is 309. The van der Waals surface area contributed by atoms with Gasteiger partial charge in [0.15, 0.2) is 0 Å². The number of amides is 1. The van der Waals surface area contributed by atoms with Gasteiger partial charge in [0.05, 0.1) is 12.5 Å². The zero-order valence-electron chi connectivity index (χ0n) is 12.9. The second-order valence-electron chi connectivity index (χ2n) is 5.74. The van der Waals surface area contributed by atoms with Crippen molar-refractivity contribution in [3.05, 3.63) is 0 Å². The number of hydrogen-bond acceptors (Lipinski definition) is 4. The number of carbonyl (C=O) groups excluding carboxylic acids is 2. The van der Waals surface area contributed by atoms with Gasteiger partial charge in [0, 0.05) is 26.6 Å². The minimum atomic E-state index is -0.152. The molecule has 0 aliphatic carbocycles. The van der Waals surface area contributed by atoms with Crippen molar-refractivity contribution < 1.29 is 19.1 Å². The minimum absolute atomic E-state index is 0.0683. The number of ether oxygens (including phenoxy) is 2. The van der Waals surface area contributed by atoms with Crippen LogP contribution in [-0.2, 0) is 19.1 Å². The standard InChI is InChI=1S/C15H27NO4/c1-12(2)6-9-19-10-11-20-15(18)14-4-7-16(8-5-14)13(3)17/h12,14H,4-11H2,1-3H3.